The molecule has 0 saturated carbocycles. The number of hydrogen-bond donors (Lipinski definition) is 1. The summed E-state index contributed by atoms with van der Waals surface area (Å²) < 4.78 is 5.35. The van der Waals surface area contributed by atoms with Crippen molar-refractivity contribution in [3.63, 3.8) is 0 Å². The Labute approximate surface area is 74.3 Å². The van der Waals surface area contributed by atoms with E-state index in [1.54, 1.807) is 0 Å². The second-order valence-corrected chi connectivity index (χ2v) is 3.69. The van der Waals surface area contributed by atoms with Crippen LogP contribution in [-0.4, -0.2) is 48.5 Å². The number of aliphatic hydroxyl groups excluding tert-OH is 1. The number of hydrogen-bond acceptors (Lipinski definition) is 3. The SMILES string of the molecule is CCCN1CCOCC1(C)CO. The number of morpholine rings is 1. The van der Waals surface area contributed by atoms with E-state index in [2.05, 4.69) is 18.7 Å². The lowest BCUT2D eigenvalue weighted by Crippen LogP contribution is -2.57. The van der Waals surface area contributed by atoms with Gasteiger partial charge in [0.25, 0.3) is 0 Å². The van der Waals surface area contributed by atoms with Crippen molar-refractivity contribution in [2.75, 3.05) is 32.9 Å². The minimum Gasteiger partial charge on any atom is -0.394 e. The Hall–Kier alpha value is -0.120. The normalized spacial score (nSPS) is 32.2. The van der Waals surface area contributed by atoms with Crippen molar-refractivity contribution < 1.29 is 9.84 Å². The van der Waals surface area contributed by atoms with Crippen molar-refractivity contribution in [1.29, 1.82) is 0 Å². The fraction of sp³-hybridized carbons (Fsp3) is 1.00. The van der Waals surface area contributed by atoms with Crippen LogP contribution in [0.25, 0.3) is 0 Å². The highest BCUT2D eigenvalue weighted by Crippen LogP contribution is 2.18. The average Bonchev–Trinajstić information content (AvgIpc) is 2.10. The van der Waals surface area contributed by atoms with E-state index in [9.17, 15) is 5.11 Å². The van der Waals surface area contributed by atoms with E-state index in [0.717, 1.165) is 26.1 Å². The predicted octanol–water partition coefficient (Wildman–Crippen LogP) is 0.480. The van der Waals surface area contributed by atoms with E-state index >= 15 is 0 Å². The summed E-state index contributed by atoms with van der Waals surface area (Å²) in [5.41, 5.74) is -0.145. The zero-order chi connectivity index (χ0) is 9.03. The van der Waals surface area contributed by atoms with Gasteiger partial charge in [0.15, 0.2) is 0 Å². The summed E-state index contributed by atoms with van der Waals surface area (Å²) in [6.07, 6.45) is 1.13. The van der Waals surface area contributed by atoms with Crippen molar-refractivity contribution >= 4 is 0 Å². The molecule has 1 atom stereocenters. The van der Waals surface area contributed by atoms with E-state index in [1.807, 2.05) is 0 Å². The van der Waals surface area contributed by atoms with Crippen molar-refractivity contribution in [3.8, 4) is 0 Å². The average molecular weight is 173 g/mol. The Bertz CT molecular complexity index is 138. The summed E-state index contributed by atoms with van der Waals surface area (Å²) in [5.74, 6) is 0. The van der Waals surface area contributed by atoms with E-state index in [0.29, 0.717) is 6.61 Å². The van der Waals surface area contributed by atoms with Gasteiger partial charge in [0, 0.05) is 6.54 Å². The molecule has 0 amide bonds. The van der Waals surface area contributed by atoms with Gasteiger partial charge in [0.1, 0.15) is 0 Å². The molecule has 1 aliphatic heterocycles. The van der Waals surface area contributed by atoms with Crippen LogP contribution in [0.3, 0.4) is 0 Å². The molecule has 0 radical (unpaired) electrons. The molecule has 1 saturated heterocycles. The van der Waals surface area contributed by atoms with Crippen molar-refractivity contribution in [3.05, 3.63) is 0 Å². The molecule has 3 nitrogen and oxygen atoms in total. The highest BCUT2D eigenvalue weighted by Gasteiger charge is 2.33. The second kappa shape index (κ2) is 4.21. The van der Waals surface area contributed by atoms with E-state index < -0.39 is 0 Å². The van der Waals surface area contributed by atoms with Gasteiger partial charge < -0.3 is 9.84 Å². The molecule has 1 unspecified atom stereocenters. The van der Waals surface area contributed by atoms with Crippen LogP contribution in [0, 0.1) is 0 Å². The Morgan fingerprint density at radius 2 is 2.33 bits per heavy atom. The Balaban J connectivity index is 2.53. The monoisotopic (exact) mass is 173 g/mol. The number of nitrogens with zero attached hydrogens (tertiary/aromatic N) is 1. The first kappa shape index (κ1) is 9.96. The van der Waals surface area contributed by atoms with E-state index in [-0.39, 0.29) is 12.1 Å². The number of ether oxygens (including phenoxy) is 1. The molecule has 3 heteroatoms. The van der Waals surface area contributed by atoms with Gasteiger partial charge in [-0.05, 0) is 19.9 Å². The van der Waals surface area contributed by atoms with Gasteiger partial charge in [0.05, 0.1) is 25.4 Å². The van der Waals surface area contributed by atoms with Crippen LogP contribution in [0.2, 0.25) is 0 Å². The lowest BCUT2D eigenvalue weighted by molar-refractivity contribution is -0.0819. The minimum atomic E-state index is -0.145. The fourth-order valence-electron chi connectivity index (χ4n) is 1.63. The first-order chi connectivity index (χ1) is 5.73. The van der Waals surface area contributed by atoms with Crippen LogP contribution in [0.1, 0.15) is 20.3 Å². The zero-order valence-electron chi connectivity index (χ0n) is 8.05. The molecule has 72 valence electrons. The van der Waals surface area contributed by atoms with E-state index in [1.165, 1.54) is 0 Å². The molecule has 1 heterocycles. The second-order valence-electron chi connectivity index (χ2n) is 3.69. The lowest BCUT2D eigenvalue weighted by Gasteiger charge is -2.43. The maximum atomic E-state index is 9.23. The highest BCUT2D eigenvalue weighted by atomic mass is 16.5. The third-order valence-corrected chi connectivity index (χ3v) is 2.52. The third-order valence-electron chi connectivity index (χ3n) is 2.52. The molecule has 0 aromatic rings. The molecule has 0 aromatic heterocycles. The summed E-state index contributed by atoms with van der Waals surface area (Å²) in [7, 11) is 0. The molecule has 12 heavy (non-hydrogen) atoms. The molecule has 1 N–H and O–H groups in total. The van der Waals surface area contributed by atoms with Crippen molar-refractivity contribution in [2.45, 2.75) is 25.8 Å². The largest absolute Gasteiger partial charge is 0.394 e. The highest BCUT2D eigenvalue weighted by molar-refractivity contribution is 4.87. The molecule has 0 aromatic carbocycles. The molecule has 1 rings (SSSR count). The molecule has 1 aliphatic rings. The fourth-order valence-corrected chi connectivity index (χ4v) is 1.63. The zero-order valence-corrected chi connectivity index (χ0v) is 8.05. The summed E-state index contributed by atoms with van der Waals surface area (Å²) in [6.45, 7) is 7.87. The molecule has 0 spiro atoms. The van der Waals surface area contributed by atoms with Crippen molar-refractivity contribution in [1.82, 2.24) is 4.90 Å². The Morgan fingerprint density at radius 3 is 2.92 bits per heavy atom. The molecule has 0 bridgehead atoms. The summed E-state index contributed by atoms with van der Waals surface area (Å²) in [6, 6.07) is 0. The van der Waals surface area contributed by atoms with E-state index in [4.69, 9.17) is 4.74 Å². The van der Waals surface area contributed by atoms with Crippen LogP contribution < -0.4 is 0 Å². The Kier molecular flexibility index (Phi) is 3.50. The van der Waals surface area contributed by atoms with Gasteiger partial charge in [-0.1, -0.05) is 6.92 Å². The Morgan fingerprint density at radius 1 is 1.58 bits per heavy atom. The predicted molar refractivity (Wildman–Crippen MR) is 48.2 cm³/mol. The summed E-state index contributed by atoms with van der Waals surface area (Å²) >= 11 is 0. The van der Waals surface area contributed by atoms with Gasteiger partial charge >= 0.3 is 0 Å². The van der Waals surface area contributed by atoms with Gasteiger partial charge in [-0.3, -0.25) is 4.90 Å². The van der Waals surface area contributed by atoms with Crippen LogP contribution in [0.4, 0.5) is 0 Å². The van der Waals surface area contributed by atoms with Gasteiger partial charge in [-0.2, -0.15) is 0 Å². The smallest absolute Gasteiger partial charge is 0.0670 e. The first-order valence-electron chi connectivity index (χ1n) is 4.66. The van der Waals surface area contributed by atoms with Gasteiger partial charge in [-0.25, -0.2) is 0 Å². The lowest BCUT2D eigenvalue weighted by atomic mass is 10.0. The molecule has 0 aliphatic carbocycles. The quantitative estimate of drug-likeness (QED) is 0.674. The van der Waals surface area contributed by atoms with Crippen LogP contribution in [-0.2, 0) is 4.74 Å². The number of aliphatic hydroxyl groups is 1. The van der Waals surface area contributed by atoms with Crippen LogP contribution >= 0.6 is 0 Å². The van der Waals surface area contributed by atoms with Crippen LogP contribution in [0.15, 0.2) is 0 Å². The van der Waals surface area contributed by atoms with Gasteiger partial charge in [0.2, 0.25) is 0 Å². The molecule has 1 fully saturated rings. The molecular formula is C9H19NO2. The van der Waals surface area contributed by atoms with Gasteiger partial charge in [-0.15, -0.1) is 0 Å². The number of rotatable bonds is 3. The van der Waals surface area contributed by atoms with Crippen LogP contribution in [0.5, 0.6) is 0 Å². The maximum absolute atomic E-state index is 9.23. The maximum Gasteiger partial charge on any atom is 0.0670 e. The summed E-state index contributed by atoms with van der Waals surface area (Å²) in [4.78, 5) is 2.32. The third kappa shape index (κ3) is 1.97. The standard InChI is InChI=1S/C9H19NO2/c1-3-4-10-5-6-12-8-9(10,2)7-11/h11H,3-8H2,1-2H3. The minimum absolute atomic E-state index is 0.145. The first-order valence-corrected chi connectivity index (χ1v) is 4.66. The summed E-state index contributed by atoms with van der Waals surface area (Å²) in [5, 5.41) is 9.23. The topological polar surface area (TPSA) is 32.7 Å². The van der Waals surface area contributed by atoms with Crippen molar-refractivity contribution in [2.24, 2.45) is 0 Å². The molecular weight excluding hydrogens is 154 g/mol.